The first kappa shape index (κ1) is 12.5. The first-order chi connectivity index (χ1) is 7.08. The second kappa shape index (κ2) is 5.47. The second-order valence-corrected chi connectivity index (χ2v) is 4.69. The minimum Gasteiger partial charge on any atom is -0.396 e. The molecule has 0 radical (unpaired) electrons. The molecule has 1 aliphatic rings. The number of amides is 1. The minimum absolute atomic E-state index is 0.0878. The number of nitrogens with one attached hydrogen (secondary N) is 2. The highest BCUT2D eigenvalue weighted by molar-refractivity contribution is 5.86. The van der Waals surface area contributed by atoms with E-state index in [2.05, 4.69) is 10.6 Å². The summed E-state index contributed by atoms with van der Waals surface area (Å²) in [7, 11) is 0. The van der Waals surface area contributed by atoms with Crippen LogP contribution in [0.2, 0.25) is 0 Å². The predicted octanol–water partition coefficient (Wildman–Crippen LogP) is 0.263. The maximum atomic E-state index is 11.8. The van der Waals surface area contributed by atoms with E-state index < -0.39 is 0 Å². The highest BCUT2D eigenvalue weighted by Crippen LogP contribution is 2.18. The van der Waals surface area contributed by atoms with Gasteiger partial charge in [0, 0.05) is 13.2 Å². The average Bonchev–Trinajstić information content (AvgIpc) is 2.63. The molecule has 0 bridgehead atoms. The van der Waals surface area contributed by atoms with Crippen molar-refractivity contribution < 1.29 is 9.90 Å². The van der Waals surface area contributed by atoms with Gasteiger partial charge in [0.15, 0.2) is 0 Å². The molecule has 4 heteroatoms. The normalized spacial score (nSPS) is 27.7. The van der Waals surface area contributed by atoms with Crippen LogP contribution >= 0.6 is 0 Å². The lowest BCUT2D eigenvalue weighted by Crippen LogP contribution is -2.51. The van der Waals surface area contributed by atoms with Gasteiger partial charge in [-0.1, -0.05) is 6.92 Å². The van der Waals surface area contributed by atoms with Crippen LogP contribution in [0, 0.1) is 5.92 Å². The van der Waals surface area contributed by atoms with E-state index in [-0.39, 0.29) is 18.1 Å². The summed E-state index contributed by atoms with van der Waals surface area (Å²) >= 11 is 0. The monoisotopic (exact) mass is 214 g/mol. The van der Waals surface area contributed by atoms with E-state index in [1.165, 1.54) is 0 Å². The lowest BCUT2D eigenvalue weighted by atomic mass is 9.99. The Kier molecular flexibility index (Phi) is 4.54. The van der Waals surface area contributed by atoms with Gasteiger partial charge in [-0.2, -0.15) is 0 Å². The molecule has 3 N–H and O–H groups in total. The third-order valence-corrected chi connectivity index (χ3v) is 3.10. The summed E-state index contributed by atoms with van der Waals surface area (Å²) in [5.74, 6) is 0.425. The van der Waals surface area contributed by atoms with E-state index in [0.717, 1.165) is 25.8 Å². The Morgan fingerprint density at radius 2 is 2.40 bits per heavy atom. The van der Waals surface area contributed by atoms with Gasteiger partial charge >= 0.3 is 0 Å². The van der Waals surface area contributed by atoms with Crippen LogP contribution in [0.5, 0.6) is 0 Å². The fourth-order valence-electron chi connectivity index (χ4n) is 1.87. The van der Waals surface area contributed by atoms with Crippen LogP contribution in [-0.2, 0) is 4.79 Å². The third kappa shape index (κ3) is 3.47. The SMILES string of the molecule is CC(CCO)CNC(=O)C1(C)CCCN1. The minimum atomic E-state index is -0.376. The van der Waals surface area contributed by atoms with Crippen molar-refractivity contribution in [3.63, 3.8) is 0 Å². The van der Waals surface area contributed by atoms with Gasteiger partial charge in [0.1, 0.15) is 0 Å². The topological polar surface area (TPSA) is 61.4 Å². The molecule has 0 aromatic carbocycles. The van der Waals surface area contributed by atoms with Crippen LogP contribution in [0.3, 0.4) is 0 Å². The molecule has 1 heterocycles. The Balaban J connectivity index is 2.29. The molecule has 88 valence electrons. The molecule has 1 rings (SSSR count). The summed E-state index contributed by atoms with van der Waals surface area (Å²) in [4.78, 5) is 11.8. The van der Waals surface area contributed by atoms with Crippen LogP contribution in [0.1, 0.15) is 33.1 Å². The number of carbonyl (C=O) groups excluding carboxylic acids is 1. The van der Waals surface area contributed by atoms with Gasteiger partial charge in [-0.15, -0.1) is 0 Å². The Hall–Kier alpha value is -0.610. The van der Waals surface area contributed by atoms with Crippen LogP contribution < -0.4 is 10.6 Å². The van der Waals surface area contributed by atoms with Gasteiger partial charge in [0.05, 0.1) is 5.54 Å². The first-order valence-corrected chi connectivity index (χ1v) is 5.72. The summed E-state index contributed by atoms with van der Waals surface area (Å²) in [6.07, 6.45) is 2.72. The number of carbonyl (C=O) groups is 1. The number of aliphatic hydroxyl groups excluding tert-OH is 1. The molecule has 1 amide bonds. The summed E-state index contributed by atoms with van der Waals surface area (Å²) in [5.41, 5.74) is -0.376. The van der Waals surface area contributed by atoms with Crippen molar-refractivity contribution in [1.82, 2.24) is 10.6 Å². The Bertz CT molecular complexity index is 213. The molecule has 0 aromatic rings. The fraction of sp³-hybridized carbons (Fsp3) is 0.909. The Morgan fingerprint density at radius 3 is 2.93 bits per heavy atom. The van der Waals surface area contributed by atoms with Crippen LogP contribution in [0.25, 0.3) is 0 Å². The summed E-state index contributed by atoms with van der Waals surface area (Å²) < 4.78 is 0. The lowest BCUT2D eigenvalue weighted by molar-refractivity contribution is -0.126. The van der Waals surface area contributed by atoms with Gasteiger partial charge in [0.25, 0.3) is 0 Å². The number of hydrogen-bond acceptors (Lipinski definition) is 3. The van der Waals surface area contributed by atoms with E-state index in [0.29, 0.717) is 12.5 Å². The number of aliphatic hydroxyl groups is 1. The van der Waals surface area contributed by atoms with Crippen LogP contribution in [0.4, 0.5) is 0 Å². The van der Waals surface area contributed by atoms with E-state index in [1.54, 1.807) is 0 Å². The van der Waals surface area contributed by atoms with Crippen molar-refractivity contribution >= 4 is 5.91 Å². The number of rotatable bonds is 5. The molecule has 0 spiro atoms. The van der Waals surface area contributed by atoms with Gasteiger partial charge in [-0.3, -0.25) is 4.79 Å². The molecule has 1 saturated heterocycles. The van der Waals surface area contributed by atoms with Gasteiger partial charge in [-0.25, -0.2) is 0 Å². The Morgan fingerprint density at radius 1 is 1.67 bits per heavy atom. The molecule has 4 nitrogen and oxygen atoms in total. The van der Waals surface area contributed by atoms with E-state index in [9.17, 15) is 4.79 Å². The molecule has 0 aliphatic carbocycles. The van der Waals surface area contributed by atoms with Crippen LogP contribution in [0.15, 0.2) is 0 Å². The number of hydrogen-bond donors (Lipinski definition) is 3. The van der Waals surface area contributed by atoms with Gasteiger partial charge < -0.3 is 15.7 Å². The van der Waals surface area contributed by atoms with E-state index in [4.69, 9.17) is 5.11 Å². The largest absolute Gasteiger partial charge is 0.396 e. The second-order valence-electron chi connectivity index (χ2n) is 4.69. The quantitative estimate of drug-likeness (QED) is 0.615. The fourth-order valence-corrected chi connectivity index (χ4v) is 1.87. The molecule has 1 fully saturated rings. The van der Waals surface area contributed by atoms with Crippen molar-refractivity contribution in [2.24, 2.45) is 5.92 Å². The van der Waals surface area contributed by atoms with Crippen molar-refractivity contribution in [3.05, 3.63) is 0 Å². The molecule has 0 saturated carbocycles. The Labute approximate surface area is 91.4 Å². The standard InChI is InChI=1S/C11H22N2O2/c1-9(4-7-14)8-12-10(15)11(2)5-3-6-13-11/h9,13-14H,3-8H2,1-2H3,(H,12,15). The smallest absolute Gasteiger partial charge is 0.240 e. The summed E-state index contributed by atoms with van der Waals surface area (Å²) in [5, 5.41) is 14.9. The van der Waals surface area contributed by atoms with Gasteiger partial charge in [0.2, 0.25) is 5.91 Å². The lowest BCUT2D eigenvalue weighted by Gasteiger charge is -2.24. The molecule has 0 aromatic heterocycles. The van der Waals surface area contributed by atoms with Crippen molar-refractivity contribution in [2.45, 2.75) is 38.6 Å². The first-order valence-electron chi connectivity index (χ1n) is 5.72. The average molecular weight is 214 g/mol. The summed E-state index contributed by atoms with van der Waals surface area (Å²) in [6.45, 7) is 5.74. The molecule has 15 heavy (non-hydrogen) atoms. The molecule has 2 unspecified atom stereocenters. The van der Waals surface area contributed by atoms with E-state index in [1.807, 2.05) is 13.8 Å². The van der Waals surface area contributed by atoms with E-state index >= 15 is 0 Å². The maximum Gasteiger partial charge on any atom is 0.240 e. The zero-order valence-corrected chi connectivity index (χ0v) is 9.68. The maximum absolute atomic E-state index is 11.8. The predicted molar refractivity (Wildman–Crippen MR) is 59.5 cm³/mol. The van der Waals surface area contributed by atoms with Crippen LogP contribution in [-0.4, -0.2) is 36.2 Å². The molecule has 1 aliphatic heterocycles. The zero-order valence-electron chi connectivity index (χ0n) is 9.68. The van der Waals surface area contributed by atoms with Crippen molar-refractivity contribution in [3.8, 4) is 0 Å². The van der Waals surface area contributed by atoms with Gasteiger partial charge in [-0.05, 0) is 38.6 Å². The molecular formula is C11H22N2O2. The molecular weight excluding hydrogens is 192 g/mol. The highest BCUT2D eigenvalue weighted by Gasteiger charge is 2.35. The summed E-state index contributed by atoms with van der Waals surface area (Å²) in [6, 6.07) is 0. The molecule has 2 atom stereocenters. The van der Waals surface area contributed by atoms with Crippen molar-refractivity contribution in [2.75, 3.05) is 19.7 Å². The van der Waals surface area contributed by atoms with Crippen molar-refractivity contribution in [1.29, 1.82) is 0 Å². The third-order valence-electron chi connectivity index (χ3n) is 3.10. The highest BCUT2D eigenvalue weighted by atomic mass is 16.3. The zero-order chi connectivity index (χ0) is 11.3.